The van der Waals surface area contributed by atoms with E-state index in [2.05, 4.69) is 29.3 Å². The van der Waals surface area contributed by atoms with E-state index in [-0.39, 0.29) is 11.9 Å². The van der Waals surface area contributed by atoms with Gasteiger partial charge in [-0.25, -0.2) is 4.79 Å². The van der Waals surface area contributed by atoms with Gasteiger partial charge in [0, 0.05) is 0 Å². The SMILES string of the molecule is CC(C)(C)OC(=O)[C@@H]1N=C(c2ccccc2)[C@@H]1c1cccc2ccccc12. The van der Waals surface area contributed by atoms with Crippen LogP contribution in [0.2, 0.25) is 0 Å². The maximum atomic E-state index is 12.8. The number of fused-ring (bicyclic) bond motifs is 1. The number of rotatable bonds is 3. The van der Waals surface area contributed by atoms with Gasteiger partial charge in [-0.15, -0.1) is 0 Å². The number of hydrogen-bond acceptors (Lipinski definition) is 3. The summed E-state index contributed by atoms with van der Waals surface area (Å²) in [5, 5.41) is 2.32. The van der Waals surface area contributed by atoms with E-state index in [4.69, 9.17) is 4.74 Å². The zero-order valence-electron chi connectivity index (χ0n) is 15.8. The van der Waals surface area contributed by atoms with Gasteiger partial charge in [0.2, 0.25) is 0 Å². The van der Waals surface area contributed by atoms with Crippen molar-refractivity contribution in [2.24, 2.45) is 4.99 Å². The fraction of sp³-hybridized carbons (Fsp3) is 0.250. The standard InChI is InChI=1S/C24H23NO2/c1-24(2,3)27-23(26)22-20(21(25-22)17-11-5-4-6-12-17)19-15-9-13-16-10-7-8-14-18(16)19/h4-15,20,22H,1-3H3/t20-,22+/m0/s1. The van der Waals surface area contributed by atoms with Crippen LogP contribution in [0.1, 0.15) is 37.8 Å². The molecule has 3 nitrogen and oxygen atoms in total. The molecule has 3 heteroatoms. The first-order valence-electron chi connectivity index (χ1n) is 9.28. The molecular weight excluding hydrogens is 334 g/mol. The van der Waals surface area contributed by atoms with Crippen molar-refractivity contribution in [2.75, 3.05) is 0 Å². The second kappa shape index (κ2) is 6.66. The zero-order chi connectivity index (χ0) is 19.0. The third-order valence-electron chi connectivity index (χ3n) is 4.76. The molecule has 0 bridgehead atoms. The van der Waals surface area contributed by atoms with Crippen molar-refractivity contribution in [3.05, 3.63) is 83.9 Å². The topological polar surface area (TPSA) is 38.7 Å². The molecule has 1 aliphatic heterocycles. The maximum Gasteiger partial charge on any atom is 0.332 e. The van der Waals surface area contributed by atoms with E-state index >= 15 is 0 Å². The highest BCUT2D eigenvalue weighted by Gasteiger charge is 2.44. The van der Waals surface area contributed by atoms with Gasteiger partial charge in [-0.05, 0) is 42.7 Å². The molecule has 1 aliphatic rings. The summed E-state index contributed by atoms with van der Waals surface area (Å²) in [4.78, 5) is 17.5. The lowest BCUT2D eigenvalue weighted by Crippen LogP contribution is -2.44. The lowest BCUT2D eigenvalue weighted by molar-refractivity contribution is -0.157. The van der Waals surface area contributed by atoms with Crippen LogP contribution in [0.5, 0.6) is 0 Å². The fourth-order valence-electron chi connectivity index (χ4n) is 3.63. The molecule has 1 heterocycles. The number of hydrogen-bond donors (Lipinski definition) is 0. The molecule has 0 unspecified atom stereocenters. The Balaban J connectivity index is 1.80. The molecule has 0 fully saturated rings. The van der Waals surface area contributed by atoms with Crippen LogP contribution in [-0.4, -0.2) is 23.3 Å². The largest absolute Gasteiger partial charge is 0.458 e. The Morgan fingerprint density at radius 1 is 0.889 bits per heavy atom. The van der Waals surface area contributed by atoms with Gasteiger partial charge < -0.3 is 4.74 Å². The van der Waals surface area contributed by atoms with Crippen LogP contribution in [0.25, 0.3) is 10.8 Å². The molecule has 0 saturated heterocycles. The second-order valence-electron chi connectivity index (χ2n) is 7.90. The number of carbonyl (C=O) groups is 1. The Kier molecular flexibility index (Phi) is 4.31. The first-order valence-corrected chi connectivity index (χ1v) is 9.28. The average molecular weight is 357 g/mol. The minimum Gasteiger partial charge on any atom is -0.458 e. The van der Waals surface area contributed by atoms with Gasteiger partial charge in [-0.2, -0.15) is 0 Å². The molecular formula is C24H23NO2. The van der Waals surface area contributed by atoms with Crippen molar-refractivity contribution < 1.29 is 9.53 Å². The molecule has 0 saturated carbocycles. The predicted molar refractivity (Wildman–Crippen MR) is 109 cm³/mol. The van der Waals surface area contributed by atoms with Crippen LogP contribution in [0.4, 0.5) is 0 Å². The van der Waals surface area contributed by atoms with E-state index in [1.165, 1.54) is 0 Å². The normalized spacial score (nSPS) is 19.3. The molecule has 0 spiro atoms. The number of esters is 1. The zero-order valence-corrected chi connectivity index (χ0v) is 15.8. The fourth-order valence-corrected chi connectivity index (χ4v) is 3.63. The summed E-state index contributed by atoms with van der Waals surface area (Å²) in [6.07, 6.45) is 0. The van der Waals surface area contributed by atoms with Crippen LogP contribution in [0.3, 0.4) is 0 Å². The maximum absolute atomic E-state index is 12.8. The third kappa shape index (κ3) is 3.37. The quantitative estimate of drug-likeness (QED) is 0.609. The summed E-state index contributed by atoms with van der Waals surface area (Å²) in [6.45, 7) is 5.66. The van der Waals surface area contributed by atoms with Crippen LogP contribution < -0.4 is 0 Å². The van der Waals surface area contributed by atoms with Crippen molar-refractivity contribution >= 4 is 22.5 Å². The van der Waals surface area contributed by atoms with Gasteiger partial charge >= 0.3 is 5.97 Å². The summed E-state index contributed by atoms with van der Waals surface area (Å²) in [7, 11) is 0. The molecule has 2 atom stereocenters. The lowest BCUT2D eigenvalue weighted by atomic mass is 9.77. The van der Waals surface area contributed by atoms with Gasteiger partial charge in [-0.1, -0.05) is 72.8 Å². The molecule has 0 aromatic heterocycles. The average Bonchev–Trinajstić information content (AvgIpc) is 2.61. The molecule has 27 heavy (non-hydrogen) atoms. The van der Waals surface area contributed by atoms with Crippen molar-refractivity contribution in [1.29, 1.82) is 0 Å². The van der Waals surface area contributed by atoms with E-state index in [1.807, 2.05) is 69.3 Å². The highest BCUT2D eigenvalue weighted by molar-refractivity contribution is 6.14. The Morgan fingerprint density at radius 3 is 2.30 bits per heavy atom. The van der Waals surface area contributed by atoms with Gasteiger partial charge in [0.15, 0.2) is 6.04 Å². The highest BCUT2D eigenvalue weighted by Crippen LogP contribution is 2.39. The van der Waals surface area contributed by atoms with Gasteiger partial charge in [0.05, 0.1) is 11.6 Å². The minimum atomic E-state index is -0.529. The second-order valence-corrected chi connectivity index (χ2v) is 7.90. The van der Waals surface area contributed by atoms with Crippen LogP contribution in [0, 0.1) is 0 Å². The van der Waals surface area contributed by atoms with Crippen molar-refractivity contribution in [3.8, 4) is 0 Å². The smallest absolute Gasteiger partial charge is 0.332 e. The first kappa shape index (κ1) is 17.5. The molecule has 0 radical (unpaired) electrons. The van der Waals surface area contributed by atoms with Crippen LogP contribution in [0.15, 0.2) is 77.8 Å². The van der Waals surface area contributed by atoms with Gasteiger partial charge in [0.1, 0.15) is 5.60 Å². The number of nitrogens with zero attached hydrogens (tertiary/aromatic N) is 1. The summed E-state index contributed by atoms with van der Waals surface area (Å²) < 4.78 is 5.64. The summed E-state index contributed by atoms with van der Waals surface area (Å²) in [6, 6.07) is 24.1. The lowest BCUT2D eigenvalue weighted by Gasteiger charge is -2.36. The van der Waals surface area contributed by atoms with Gasteiger partial charge in [0.25, 0.3) is 0 Å². The van der Waals surface area contributed by atoms with E-state index < -0.39 is 11.6 Å². The summed E-state index contributed by atoms with van der Waals surface area (Å²) >= 11 is 0. The van der Waals surface area contributed by atoms with E-state index in [0.717, 1.165) is 27.6 Å². The number of carbonyl (C=O) groups excluding carboxylic acids is 1. The molecule has 0 N–H and O–H groups in total. The van der Waals surface area contributed by atoms with Crippen LogP contribution in [-0.2, 0) is 9.53 Å². The summed E-state index contributed by atoms with van der Waals surface area (Å²) in [5.41, 5.74) is 2.59. The number of ether oxygens (including phenoxy) is 1. The molecule has 0 amide bonds. The van der Waals surface area contributed by atoms with Crippen molar-refractivity contribution in [1.82, 2.24) is 0 Å². The predicted octanol–water partition coefficient (Wildman–Crippen LogP) is 5.14. The molecule has 4 rings (SSSR count). The minimum absolute atomic E-state index is 0.103. The van der Waals surface area contributed by atoms with Crippen molar-refractivity contribution in [3.63, 3.8) is 0 Å². The molecule has 3 aromatic carbocycles. The number of aliphatic imine (C=N–C) groups is 1. The first-order chi connectivity index (χ1) is 12.9. The highest BCUT2D eigenvalue weighted by atomic mass is 16.6. The number of benzene rings is 3. The molecule has 0 aliphatic carbocycles. The van der Waals surface area contributed by atoms with E-state index in [0.29, 0.717) is 0 Å². The van der Waals surface area contributed by atoms with E-state index in [9.17, 15) is 4.79 Å². The summed E-state index contributed by atoms with van der Waals surface area (Å²) in [5.74, 6) is -0.367. The Labute approximate surface area is 159 Å². The van der Waals surface area contributed by atoms with E-state index in [1.54, 1.807) is 0 Å². The Hall–Kier alpha value is -2.94. The monoisotopic (exact) mass is 357 g/mol. The van der Waals surface area contributed by atoms with Gasteiger partial charge in [-0.3, -0.25) is 4.99 Å². The third-order valence-corrected chi connectivity index (χ3v) is 4.76. The molecule has 136 valence electrons. The molecule has 3 aromatic rings. The Bertz CT molecular complexity index is 1010. The Morgan fingerprint density at radius 2 is 1.56 bits per heavy atom. The van der Waals surface area contributed by atoms with Crippen LogP contribution >= 0.6 is 0 Å². The van der Waals surface area contributed by atoms with Crippen molar-refractivity contribution in [2.45, 2.75) is 38.3 Å².